The molecule has 1 rings (SSSR count). The van der Waals surface area contributed by atoms with E-state index in [1.165, 1.54) is 0 Å². The quantitative estimate of drug-likeness (QED) is 0.867. The Labute approximate surface area is 115 Å². The van der Waals surface area contributed by atoms with Gasteiger partial charge < -0.3 is 5.32 Å². The molecule has 0 saturated carbocycles. The van der Waals surface area contributed by atoms with Gasteiger partial charge in [-0.15, -0.1) is 0 Å². The number of benzene rings is 1. The van der Waals surface area contributed by atoms with Gasteiger partial charge in [-0.1, -0.05) is 50.7 Å². The summed E-state index contributed by atoms with van der Waals surface area (Å²) in [6, 6.07) is 6.81. The number of aryl methyl sites for hydroxylation is 1. The lowest BCUT2D eigenvalue weighted by molar-refractivity contribution is 0.573. The molecule has 0 aromatic heterocycles. The van der Waals surface area contributed by atoms with Crippen molar-refractivity contribution in [3.8, 4) is 0 Å². The summed E-state index contributed by atoms with van der Waals surface area (Å²) in [5.74, 6) is -0.161. The van der Waals surface area contributed by atoms with Crippen LogP contribution in [0.1, 0.15) is 26.3 Å². The van der Waals surface area contributed by atoms with Gasteiger partial charge in [0, 0.05) is 5.41 Å². The van der Waals surface area contributed by atoms with E-state index in [9.17, 15) is 8.42 Å². The topological polar surface area (TPSA) is 46.2 Å². The van der Waals surface area contributed by atoms with E-state index < -0.39 is 9.84 Å². The molecule has 18 heavy (non-hydrogen) atoms. The van der Waals surface area contributed by atoms with Crippen molar-refractivity contribution < 1.29 is 8.42 Å². The van der Waals surface area contributed by atoms with Crippen molar-refractivity contribution in [3.05, 3.63) is 29.8 Å². The van der Waals surface area contributed by atoms with Crippen molar-refractivity contribution in [2.45, 2.75) is 32.6 Å². The monoisotopic (exact) mass is 285 g/mol. The summed E-state index contributed by atoms with van der Waals surface area (Å²) in [4.78, 5) is 0.871. The third kappa shape index (κ3) is 4.07. The molecule has 0 radical (unpaired) electrons. The first kappa shape index (κ1) is 15.1. The molecule has 1 aromatic rings. The van der Waals surface area contributed by atoms with Crippen LogP contribution in [0, 0.1) is 12.3 Å². The van der Waals surface area contributed by atoms with Crippen LogP contribution in [0.3, 0.4) is 0 Å². The van der Waals surface area contributed by atoms with Crippen molar-refractivity contribution >= 4 is 27.0 Å². The van der Waals surface area contributed by atoms with Crippen molar-refractivity contribution in [3.63, 3.8) is 0 Å². The summed E-state index contributed by atoms with van der Waals surface area (Å²) in [5.41, 5.74) is 0.810. The van der Waals surface area contributed by atoms with Crippen LogP contribution < -0.4 is 5.32 Å². The van der Waals surface area contributed by atoms with Gasteiger partial charge in [-0.3, -0.25) is 0 Å². The number of sulfone groups is 1. The standard InChI is InChI=1S/C13H19NO2S2/c1-10-5-7-11(8-6-10)18(15,16)9-14-12(17)13(2,3)4/h5-8H,9H2,1-4H3,(H,14,17). The van der Waals surface area contributed by atoms with Crippen LogP contribution in [0.15, 0.2) is 29.2 Å². The van der Waals surface area contributed by atoms with E-state index in [1.54, 1.807) is 24.3 Å². The lowest BCUT2D eigenvalue weighted by atomic mass is 9.97. The summed E-state index contributed by atoms with van der Waals surface area (Å²) in [7, 11) is -3.33. The second-order valence-corrected chi connectivity index (χ2v) is 7.73. The second-order valence-electron chi connectivity index (χ2n) is 5.33. The fourth-order valence-electron chi connectivity index (χ4n) is 1.25. The number of rotatable bonds is 3. The molecule has 0 aliphatic carbocycles. The normalized spacial score (nSPS) is 12.2. The third-order valence-electron chi connectivity index (χ3n) is 2.48. The molecular formula is C13H19NO2S2. The minimum Gasteiger partial charge on any atom is -0.365 e. The molecule has 5 heteroatoms. The minimum atomic E-state index is -3.33. The summed E-state index contributed by atoms with van der Waals surface area (Å²) >= 11 is 5.15. The van der Waals surface area contributed by atoms with Gasteiger partial charge in [0.05, 0.1) is 9.88 Å². The predicted molar refractivity (Wildman–Crippen MR) is 78.4 cm³/mol. The Balaban J connectivity index is 2.78. The van der Waals surface area contributed by atoms with Gasteiger partial charge in [0.25, 0.3) is 0 Å². The maximum Gasteiger partial charge on any atom is 0.196 e. The van der Waals surface area contributed by atoms with E-state index in [2.05, 4.69) is 5.32 Å². The maximum absolute atomic E-state index is 12.1. The summed E-state index contributed by atoms with van der Waals surface area (Å²) in [6.07, 6.45) is 0. The zero-order valence-electron chi connectivity index (χ0n) is 11.1. The molecule has 0 heterocycles. The molecule has 0 amide bonds. The highest BCUT2D eigenvalue weighted by atomic mass is 32.2. The first-order chi connectivity index (χ1) is 8.13. The molecule has 0 bridgehead atoms. The molecule has 0 unspecified atom stereocenters. The number of thiocarbonyl (C=S) groups is 1. The molecule has 0 aliphatic heterocycles. The van der Waals surface area contributed by atoms with Crippen LogP contribution in [0.2, 0.25) is 0 Å². The molecule has 0 spiro atoms. The van der Waals surface area contributed by atoms with Crippen LogP contribution in [0.4, 0.5) is 0 Å². The highest BCUT2D eigenvalue weighted by Crippen LogP contribution is 2.16. The SMILES string of the molecule is Cc1ccc(S(=O)(=O)CNC(=S)C(C)(C)C)cc1. The summed E-state index contributed by atoms with van der Waals surface area (Å²) in [5, 5.41) is 2.82. The van der Waals surface area contributed by atoms with Gasteiger partial charge in [0.15, 0.2) is 9.84 Å². The van der Waals surface area contributed by atoms with Crippen molar-refractivity contribution in [1.82, 2.24) is 5.32 Å². The molecule has 0 atom stereocenters. The molecular weight excluding hydrogens is 266 g/mol. The van der Waals surface area contributed by atoms with Gasteiger partial charge in [0.2, 0.25) is 0 Å². The van der Waals surface area contributed by atoms with Crippen LogP contribution in [-0.2, 0) is 9.84 Å². The Hall–Kier alpha value is -0.940. The second kappa shape index (κ2) is 5.36. The Morgan fingerprint density at radius 1 is 1.22 bits per heavy atom. The van der Waals surface area contributed by atoms with E-state index in [-0.39, 0.29) is 11.3 Å². The van der Waals surface area contributed by atoms with Crippen molar-refractivity contribution in [2.75, 3.05) is 5.88 Å². The minimum absolute atomic E-state index is 0.161. The molecule has 100 valence electrons. The largest absolute Gasteiger partial charge is 0.365 e. The number of nitrogens with one attached hydrogen (secondary N) is 1. The Morgan fingerprint density at radius 2 is 1.72 bits per heavy atom. The molecule has 0 saturated heterocycles. The average Bonchev–Trinajstić information content (AvgIpc) is 2.25. The zero-order chi connectivity index (χ0) is 14.0. The van der Waals surface area contributed by atoms with E-state index in [1.807, 2.05) is 27.7 Å². The van der Waals surface area contributed by atoms with Gasteiger partial charge in [0.1, 0.15) is 5.88 Å². The molecule has 1 aromatic carbocycles. The predicted octanol–water partition coefficient (Wildman–Crippen LogP) is 2.69. The summed E-state index contributed by atoms with van der Waals surface area (Å²) in [6.45, 7) is 7.76. The number of hydrogen-bond acceptors (Lipinski definition) is 3. The van der Waals surface area contributed by atoms with Crippen LogP contribution in [-0.4, -0.2) is 19.3 Å². The van der Waals surface area contributed by atoms with Gasteiger partial charge in [-0.25, -0.2) is 8.42 Å². The summed E-state index contributed by atoms with van der Waals surface area (Å²) < 4.78 is 24.1. The smallest absolute Gasteiger partial charge is 0.196 e. The molecule has 1 N–H and O–H groups in total. The average molecular weight is 285 g/mol. The van der Waals surface area contributed by atoms with E-state index >= 15 is 0 Å². The molecule has 3 nitrogen and oxygen atoms in total. The fourth-order valence-corrected chi connectivity index (χ4v) is 2.47. The Kier molecular flexibility index (Phi) is 4.50. The van der Waals surface area contributed by atoms with Crippen LogP contribution in [0.5, 0.6) is 0 Å². The van der Waals surface area contributed by atoms with Crippen LogP contribution in [0.25, 0.3) is 0 Å². The highest BCUT2D eigenvalue weighted by molar-refractivity contribution is 7.91. The van der Waals surface area contributed by atoms with Gasteiger partial charge >= 0.3 is 0 Å². The molecule has 0 aliphatic rings. The number of hydrogen-bond donors (Lipinski definition) is 1. The van der Waals surface area contributed by atoms with Crippen LogP contribution >= 0.6 is 12.2 Å². The zero-order valence-corrected chi connectivity index (χ0v) is 12.8. The highest BCUT2D eigenvalue weighted by Gasteiger charge is 2.20. The Bertz CT molecular complexity index is 525. The third-order valence-corrected chi connectivity index (χ3v) is 4.76. The first-order valence-electron chi connectivity index (χ1n) is 5.71. The van der Waals surface area contributed by atoms with E-state index in [0.29, 0.717) is 9.88 Å². The Morgan fingerprint density at radius 3 is 2.17 bits per heavy atom. The lowest BCUT2D eigenvalue weighted by Crippen LogP contribution is -2.36. The van der Waals surface area contributed by atoms with Gasteiger partial charge in [-0.2, -0.15) is 0 Å². The fraction of sp³-hybridized carbons (Fsp3) is 0.462. The van der Waals surface area contributed by atoms with Crippen molar-refractivity contribution in [2.24, 2.45) is 5.41 Å². The van der Waals surface area contributed by atoms with E-state index in [0.717, 1.165) is 5.56 Å². The lowest BCUT2D eigenvalue weighted by Gasteiger charge is -2.21. The first-order valence-corrected chi connectivity index (χ1v) is 7.77. The maximum atomic E-state index is 12.1. The molecule has 0 fully saturated rings. The van der Waals surface area contributed by atoms with E-state index in [4.69, 9.17) is 12.2 Å². The van der Waals surface area contributed by atoms with Crippen molar-refractivity contribution in [1.29, 1.82) is 0 Å². The van der Waals surface area contributed by atoms with Gasteiger partial charge in [-0.05, 0) is 19.1 Å².